The molecule has 1 aromatic heterocycles. The number of nitrogens with zero attached hydrogens (tertiary/aromatic N) is 4. The summed E-state index contributed by atoms with van der Waals surface area (Å²) < 4.78 is 46.9. The van der Waals surface area contributed by atoms with Crippen molar-refractivity contribution in [3.05, 3.63) is 51.2 Å². The lowest BCUT2D eigenvalue weighted by molar-refractivity contribution is -0.137. The zero-order chi connectivity index (χ0) is 28.4. The van der Waals surface area contributed by atoms with Gasteiger partial charge in [-0.3, -0.25) is 0 Å². The maximum absolute atomic E-state index is 13.5. The van der Waals surface area contributed by atoms with E-state index >= 15 is 0 Å². The van der Waals surface area contributed by atoms with Crippen LogP contribution in [0.5, 0.6) is 0 Å². The number of alkyl halides is 3. The van der Waals surface area contributed by atoms with Crippen LogP contribution in [0.15, 0.2) is 35.1 Å². The molecule has 3 rings (SSSR count). The van der Waals surface area contributed by atoms with Crippen LogP contribution < -0.4 is 4.90 Å². The number of aromatic nitrogens is 2. The third-order valence-corrected chi connectivity index (χ3v) is 7.40. The van der Waals surface area contributed by atoms with Gasteiger partial charge in [-0.2, -0.15) is 13.2 Å². The van der Waals surface area contributed by atoms with Gasteiger partial charge in [0.15, 0.2) is 0 Å². The highest BCUT2D eigenvalue weighted by Gasteiger charge is 2.44. The zero-order valence-electron chi connectivity index (χ0n) is 22.5. The normalized spacial score (nSPS) is 20.4. The predicted molar refractivity (Wildman–Crippen MR) is 146 cm³/mol. The van der Waals surface area contributed by atoms with E-state index in [1.807, 2.05) is 23.6 Å². The van der Waals surface area contributed by atoms with E-state index in [4.69, 9.17) is 16.3 Å². The number of halogens is 5. The Labute approximate surface area is 236 Å². The molecule has 1 aliphatic rings. The molecule has 1 amide bonds. The van der Waals surface area contributed by atoms with Crippen molar-refractivity contribution in [1.29, 1.82) is 0 Å². The van der Waals surface area contributed by atoms with Crippen molar-refractivity contribution in [2.45, 2.75) is 91.3 Å². The Hall–Kier alpha value is -2.07. The molecule has 6 nitrogen and oxygen atoms in total. The zero-order valence-corrected chi connectivity index (χ0v) is 24.8. The SMILES string of the molecule is CC(C)OC(=O)N1[C@H](C(C)C)CC(N(Cc2cc(Cl)cc(C(F)(F)F)c2)c2ncc(Br)cn2)C[C@H]1C(C)C. The first-order chi connectivity index (χ1) is 17.7. The highest BCUT2D eigenvalue weighted by Crippen LogP contribution is 2.37. The number of anilines is 1. The van der Waals surface area contributed by atoms with E-state index < -0.39 is 11.7 Å². The monoisotopic (exact) mass is 618 g/mol. The number of carbonyl (C=O) groups excluding carboxylic acids is 1. The van der Waals surface area contributed by atoms with E-state index in [2.05, 4.69) is 53.6 Å². The van der Waals surface area contributed by atoms with E-state index in [-0.39, 0.29) is 53.7 Å². The molecule has 0 radical (unpaired) electrons. The quantitative estimate of drug-likeness (QED) is 0.315. The largest absolute Gasteiger partial charge is 0.447 e. The van der Waals surface area contributed by atoms with Gasteiger partial charge in [0.05, 0.1) is 16.1 Å². The molecule has 2 atom stereocenters. The van der Waals surface area contributed by atoms with Crippen LogP contribution in [0.1, 0.15) is 65.5 Å². The number of hydrogen-bond acceptors (Lipinski definition) is 5. The number of hydrogen-bond donors (Lipinski definition) is 0. The minimum atomic E-state index is -4.52. The van der Waals surface area contributed by atoms with Crippen LogP contribution in [0.4, 0.5) is 23.9 Å². The fourth-order valence-corrected chi connectivity index (χ4v) is 5.48. The second-order valence-corrected chi connectivity index (χ2v) is 12.1. The molecule has 0 saturated carbocycles. The Morgan fingerprint density at radius 1 is 1.08 bits per heavy atom. The van der Waals surface area contributed by atoms with E-state index in [0.717, 1.165) is 12.1 Å². The first kappa shape index (κ1) is 30.5. The van der Waals surface area contributed by atoms with Gasteiger partial charge in [0, 0.05) is 42.1 Å². The van der Waals surface area contributed by atoms with Gasteiger partial charge < -0.3 is 14.5 Å². The topological polar surface area (TPSA) is 58.6 Å². The molecule has 2 heterocycles. The van der Waals surface area contributed by atoms with Crippen molar-refractivity contribution in [2.24, 2.45) is 11.8 Å². The summed E-state index contributed by atoms with van der Waals surface area (Å²) in [5, 5.41) is 0.0119. The molecule has 1 saturated heterocycles. The van der Waals surface area contributed by atoms with Crippen LogP contribution >= 0.6 is 27.5 Å². The summed E-state index contributed by atoms with van der Waals surface area (Å²) in [5.74, 6) is 0.638. The minimum absolute atomic E-state index is 0.0119. The molecule has 0 unspecified atom stereocenters. The van der Waals surface area contributed by atoms with Crippen molar-refractivity contribution >= 4 is 39.6 Å². The van der Waals surface area contributed by atoms with Crippen LogP contribution in [-0.2, 0) is 17.5 Å². The summed E-state index contributed by atoms with van der Waals surface area (Å²) in [6, 6.07) is 3.15. The molecule has 1 fully saturated rings. The summed E-state index contributed by atoms with van der Waals surface area (Å²) in [4.78, 5) is 26.0. The van der Waals surface area contributed by atoms with Gasteiger partial charge in [0.25, 0.3) is 0 Å². The molecule has 0 bridgehead atoms. The Morgan fingerprint density at radius 3 is 2.11 bits per heavy atom. The number of likely N-dealkylation sites (tertiary alicyclic amines) is 1. The van der Waals surface area contributed by atoms with Gasteiger partial charge in [-0.25, -0.2) is 14.8 Å². The Balaban J connectivity index is 2.05. The van der Waals surface area contributed by atoms with Crippen molar-refractivity contribution in [2.75, 3.05) is 4.90 Å². The summed E-state index contributed by atoms with van der Waals surface area (Å²) in [6.07, 6.45) is -0.717. The third kappa shape index (κ3) is 7.52. The predicted octanol–water partition coefficient (Wildman–Crippen LogP) is 7.98. The molecule has 0 aliphatic carbocycles. The average Bonchev–Trinajstić information content (AvgIpc) is 2.81. The van der Waals surface area contributed by atoms with Gasteiger partial charge in [0.1, 0.15) is 0 Å². The Kier molecular flexibility index (Phi) is 9.95. The van der Waals surface area contributed by atoms with Gasteiger partial charge in [-0.05, 0) is 78.2 Å². The lowest BCUT2D eigenvalue weighted by Crippen LogP contribution is -2.60. The first-order valence-corrected chi connectivity index (χ1v) is 13.9. The Bertz CT molecular complexity index is 1080. The van der Waals surface area contributed by atoms with Crippen LogP contribution in [0, 0.1) is 11.8 Å². The van der Waals surface area contributed by atoms with E-state index in [9.17, 15) is 18.0 Å². The molecule has 11 heteroatoms. The lowest BCUT2D eigenvalue weighted by Gasteiger charge is -2.50. The molecule has 0 spiro atoms. The number of piperidine rings is 1. The van der Waals surface area contributed by atoms with E-state index in [1.165, 1.54) is 6.07 Å². The second kappa shape index (κ2) is 12.4. The fraction of sp³-hybridized carbons (Fsp3) is 0.593. The fourth-order valence-electron chi connectivity index (χ4n) is 5.02. The van der Waals surface area contributed by atoms with E-state index in [1.54, 1.807) is 12.4 Å². The highest BCUT2D eigenvalue weighted by atomic mass is 79.9. The van der Waals surface area contributed by atoms with Crippen molar-refractivity contribution in [3.8, 4) is 0 Å². The van der Waals surface area contributed by atoms with Gasteiger partial charge in [-0.1, -0.05) is 39.3 Å². The van der Waals surface area contributed by atoms with Gasteiger partial charge >= 0.3 is 12.3 Å². The number of carbonyl (C=O) groups is 1. The molecular weight excluding hydrogens is 585 g/mol. The first-order valence-electron chi connectivity index (χ1n) is 12.8. The van der Waals surface area contributed by atoms with Crippen molar-refractivity contribution < 1.29 is 22.7 Å². The highest BCUT2D eigenvalue weighted by molar-refractivity contribution is 9.10. The summed E-state index contributed by atoms with van der Waals surface area (Å²) in [7, 11) is 0. The van der Waals surface area contributed by atoms with Gasteiger partial charge in [0.2, 0.25) is 5.95 Å². The second-order valence-electron chi connectivity index (χ2n) is 10.8. The van der Waals surface area contributed by atoms with Crippen molar-refractivity contribution in [1.82, 2.24) is 14.9 Å². The van der Waals surface area contributed by atoms with Crippen LogP contribution in [0.3, 0.4) is 0 Å². The molecule has 2 aromatic rings. The van der Waals surface area contributed by atoms with Crippen LogP contribution in [0.25, 0.3) is 0 Å². The summed E-state index contributed by atoms with van der Waals surface area (Å²) in [5.41, 5.74) is -0.400. The number of ether oxygens (including phenoxy) is 1. The average molecular weight is 620 g/mol. The van der Waals surface area contributed by atoms with Crippen molar-refractivity contribution in [3.63, 3.8) is 0 Å². The number of benzene rings is 1. The molecule has 38 heavy (non-hydrogen) atoms. The molecule has 1 aliphatic heterocycles. The molecule has 210 valence electrons. The third-order valence-electron chi connectivity index (χ3n) is 6.77. The smallest absolute Gasteiger partial charge is 0.416 e. The lowest BCUT2D eigenvalue weighted by atomic mass is 9.81. The standard InChI is InChI=1S/C27H35BrClF3N4O2/c1-15(2)23-10-22(11-24(16(3)4)36(23)26(37)38-17(5)6)35(25-33-12-20(28)13-34-25)14-18-7-19(27(30,31)32)9-21(29)8-18/h7-9,12-13,15-17,22-24H,10-11,14H2,1-6H3/t23-,24-/m0/s1. The van der Waals surface area contributed by atoms with Gasteiger partial charge in [-0.15, -0.1) is 0 Å². The number of rotatable bonds is 7. The summed E-state index contributed by atoms with van der Waals surface area (Å²) >= 11 is 9.46. The maximum Gasteiger partial charge on any atom is 0.416 e. The van der Waals surface area contributed by atoms with E-state index in [0.29, 0.717) is 28.8 Å². The summed E-state index contributed by atoms with van der Waals surface area (Å²) in [6.45, 7) is 12.0. The Morgan fingerprint density at radius 2 is 1.63 bits per heavy atom. The van der Waals surface area contributed by atoms with Crippen LogP contribution in [0.2, 0.25) is 5.02 Å². The number of amides is 1. The molecule has 0 N–H and O–H groups in total. The van der Waals surface area contributed by atoms with Crippen LogP contribution in [-0.4, -0.2) is 45.2 Å². The molecular formula is C27H35BrClF3N4O2. The maximum atomic E-state index is 13.5. The molecule has 1 aromatic carbocycles. The minimum Gasteiger partial charge on any atom is -0.447 e.